The van der Waals surface area contributed by atoms with Crippen LogP contribution >= 0.6 is 0 Å². The number of carbonyl (C=O) groups excluding carboxylic acids is 1. The number of rotatable bonds is 9. The van der Waals surface area contributed by atoms with Crippen LogP contribution in [0.25, 0.3) is 11.4 Å². The molecule has 0 radical (unpaired) electrons. The van der Waals surface area contributed by atoms with Gasteiger partial charge in [0.15, 0.2) is 6.10 Å². The largest absolute Gasteiger partial charge is 0.497 e. The van der Waals surface area contributed by atoms with Crippen LogP contribution in [-0.2, 0) is 11.3 Å². The molecule has 1 aromatic heterocycles. The van der Waals surface area contributed by atoms with Crippen LogP contribution in [0.5, 0.6) is 17.2 Å². The Balaban J connectivity index is 1.65. The Kier molecular flexibility index (Phi) is 6.90. The van der Waals surface area contributed by atoms with Crippen molar-refractivity contribution in [3.8, 4) is 28.6 Å². The smallest absolute Gasteiger partial charge is 0.261 e. The number of nitrogens with zero attached hydrogens (tertiary/aromatic N) is 2. The fourth-order valence-electron chi connectivity index (χ4n) is 2.86. The van der Waals surface area contributed by atoms with Crippen LogP contribution in [0.2, 0.25) is 0 Å². The lowest BCUT2D eigenvalue weighted by Gasteiger charge is -2.18. The first-order valence-electron chi connectivity index (χ1n) is 9.60. The van der Waals surface area contributed by atoms with Gasteiger partial charge in [-0.05, 0) is 37.1 Å². The molecule has 3 rings (SSSR count). The van der Waals surface area contributed by atoms with E-state index in [1.165, 1.54) is 0 Å². The molecule has 0 fully saturated rings. The molecule has 30 heavy (non-hydrogen) atoms. The second kappa shape index (κ2) is 9.78. The summed E-state index contributed by atoms with van der Waals surface area (Å²) in [5, 5.41) is 6.77. The third-order valence-electron chi connectivity index (χ3n) is 4.56. The molecule has 1 amide bonds. The first-order chi connectivity index (χ1) is 14.5. The summed E-state index contributed by atoms with van der Waals surface area (Å²) in [6.07, 6.45) is -0.0895. The molecule has 0 saturated carbocycles. The summed E-state index contributed by atoms with van der Waals surface area (Å²) in [5.41, 5.74) is 1.63. The molecule has 0 aliphatic heterocycles. The number of methoxy groups -OCH3 is 2. The minimum Gasteiger partial charge on any atom is -0.497 e. The average molecular weight is 411 g/mol. The molecule has 0 spiro atoms. The Morgan fingerprint density at radius 2 is 1.93 bits per heavy atom. The Morgan fingerprint density at radius 3 is 2.63 bits per heavy atom. The standard InChI is InChI=1S/C22H25N3O5/c1-5-17(29-18-9-7-6-8-14(18)2)22(26)23-13-20-24-21(25-30-20)16-11-10-15(27-3)12-19(16)28-4/h6-12,17H,5,13H2,1-4H3,(H,23,26)/t17-/m1/s1. The maximum absolute atomic E-state index is 12.6. The van der Waals surface area contributed by atoms with Crippen LogP contribution in [0.15, 0.2) is 47.0 Å². The number of amides is 1. The number of benzene rings is 2. The van der Waals surface area contributed by atoms with Gasteiger partial charge in [-0.1, -0.05) is 30.3 Å². The molecule has 0 bridgehead atoms. The molecular weight excluding hydrogens is 386 g/mol. The topological polar surface area (TPSA) is 95.7 Å². The van der Waals surface area contributed by atoms with Gasteiger partial charge in [0.2, 0.25) is 11.7 Å². The Hall–Kier alpha value is -3.55. The number of aromatic nitrogens is 2. The first-order valence-corrected chi connectivity index (χ1v) is 9.60. The second-order valence-electron chi connectivity index (χ2n) is 6.58. The number of ether oxygens (including phenoxy) is 3. The maximum atomic E-state index is 12.6. The van der Waals surface area contributed by atoms with E-state index < -0.39 is 6.10 Å². The number of carbonyl (C=O) groups is 1. The zero-order valence-electron chi connectivity index (χ0n) is 17.5. The van der Waals surface area contributed by atoms with Gasteiger partial charge in [0.05, 0.1) is 26.3 Å². The predicted molar refractivity (Wildman–Crippen MR) is 111 cm³/mol. The van der Waals surface area contributed by atoms with Crippen LogP contribution in [-0.4, -0.2) is 36.4 Å². The van der Waals surface area contributed by atoms with Gasteiger partial charge in [-0.2, -0.15) is 4.98 Å². The number of hydrogen-bond acceptors (Lipinski definition) is 7. The molecule has 0 saturated heterocycles. The van der Waals surface area contributed by atoms with Gasteiger partial charge in [-0.25, -0.2) is 0 Å². The van der Waals surface area contributed by atoms with E-state index in [9.17, 15) is 4.79 Å². The molecule has 1 heterocycles. The molecule has 0 aliphatic rings. The second-order valence-corrected chi connectivity index (χ2v) is 6.58. The predicted octanol–water partition coefficient (Wildman–Crippen LogP) is 3.54. The molecule has 2 aromatic carbocycles. The lowest BCUT2D eigenvalue weighted by molar-refractivity contribution is -0.128. The molecule has 0 aliphatic carbocycles. The Bertz CT molecular complexity index is 1000. The summed E-state index contributed by atoms with van der Waals surface area (Å²) in [6, 6.07) is 12.9. The summed E-state index contributed by atoms with van der Waals surface area (Å²) < 4.78 is 21.7. The molecule has 1 N–H and O–H groups in total. The van der Waals surface area contributed by atoms with Gasteiger partial charge in [0, 0.05) is 6.07 Å². The highest BCUT2D eigenvalue weighted by atomic mass is 16.5. The van der Waals surface area contributed by atoms with Gasteiger partial charge < -0.3 is 24.1 Å². The summed E-state index contributed by atoms with van der Waals surface area (Å²) >= 11 is 0. The highest BCUT2D eigenvalue weighted by Crippen LogP contribution is 2.31. The fraction of sp³-hybridized carbons (Fsp3) is 0.318. The van der Waals surface area contributed by atoms with E-state index in [0.29, 0.717) is 35.1 Å². The SMILES string of the molecule is CC[C@@H](Oc1ccccc1C)C(=O)NCc1nc(-c2ccc(OC)cc2OC)no1. The summed E-state index contributed by atoms with van der Waals surface area (Å²) in [5.74, 6) is 2.30. The molecular formula is C22H25N3O5. The third kappa shape index (κ3) is 4.89. The highest BCUT2D eigenvalue weighted by molar-refractivity contribution is 5.81. The number of aryl methyl sites for hydroxylation is 1. The molecule has 8 heteroatoms. The van der Waals surface area contributed by atoms with Crippen molar-refractivity contribution in [1.29, 1.82) is 0 Å². The van der Waals surface area contributed by atoms with Crippen molar-refractivity contribution < 1.29 is 23.5 Å². The summed E-state index contributed by atoms with van der Waals surface area (Å²) in [6.45, 7) is 3.93. The zero-order valence-corrected chi connectivity index (χ0v) is 17.5. The normalized spacial score (nSPS) is 11.6. The lowest BCUT2D eigenvalue weighted by atomic mass is 10.2. The van der Waals surface area contributed by atoms with Crippen molar-refractivity contribution >= 4 is 5.91 Å². The molecule has 0 unspecified atom stereocenters. The molecule has 158 valence electrons. The minimum absolute atomic E-state index is 0.0952. The fourth-order valence-corrected chi connectivity index (χ4v) is 2.86. The van der Waals surface area contributed by atoms with Gasteiger partial charge >= 0.3 is 0 Å². The summed E-state index contributed by atoms with van der Waals surface area (Å²) in [4.78, 5) is 16.9. The van der Waals surface area contributed by atoms with E-state index in [2.05, 4.69) is 15.5 Å². The van der Waals surface area contributed by atoms with E-state index in [1.807, 2.05) is 38.1 Å². The van der Waals surface area contributed by atoms with Crippen LogP contribution < -0.4 is 19.5 Å². The molecule has 8 nitrogen and oxygen atoms in total. The maximum Gasteiger partial charge on any atom is 0.261 e. The molecule has 1 atom stereocenters. The number of hydrogen-bond donors (Lipinski definition) is 1. The monoisotopic (exact) mass is 411 g/mol. The number of nitrogens with one attached hydrogen (secondary N) is 1. The van der Waals surface area contributed by atoms with Crippen molar-refractivity contribution in [1.82, 2.24) is 15.5 Å². The van der Waals surface area contributed by atoms with Gasteiger partial charge in [0.25, 0.3) is 5.91 Å². The third-order valence-corrected chi connectivity index (χ3v) is 4.56. The van der Waals surface area contributed by atoms with E-state index in [-0.39, 0.29) is 18.3 Å². The first kappa shape index (κ1) is 21.2. The van der Waals surface area contributed by atoms with Crippen LogP contribution in [0, 0.1) is 6.92 Å². The van der Waals surface area contributed by atoms with Crippen molar-refractivity contribution in [3.05, 3.63) is 53.9 Å². The molecule has 3 aromatic rings. The number of para-hydroxylation sites is 1. The Labute approximate surface area is 175 Å². The van der Waals surface area contributed by atoms with Gasteiger partial charge in [0.1, 0.15) is 17.2 Å². The summed E-state index contributed by atoms with van der Waals surface area (Å²) in [7, 11) is 3.13. The van der Waals surface area contributed by atoms with Crippen molar-refractivity contribution in [2.45, 2.75) is 32.9 Å². The highest BCUT2D eigenvalue weighted by Gasteiger charge is 2.20. The quantitative estimate of drug-likeness (QED) is 0.575. The van der Waals surface area contributed by atoms with E-state index in [0.717, 1.165) is 5.56 Å². The minimum atomic E-state index is -0.616. The van der Waals surface area contributed by atoms with Gasteiger partial charge in [-0.3, -0.25) is 4.79 Å². The lowest BCUT2D eigenvalue weighted by Crippen LogP contribution is -2.37. The van der Waals surface area contributed by atoms with Crippen molar-refractivity contribution in [3.63, 3.8) is 0 Å². The van der Waals surface area contributed by atoms with Crippen molar-refractivity contribution in [2.24, 2.45) is 0 Å². The van der Waals surface area contributed by atoms with Crippen LogP contribution in [0.4, 0.5) is 0 Å². The van der Waals surface area contributed by atoms with Crippen molar-refractivity contribution in [2.75, 3.05) is 14.2 Å². The van der Waals surface area contributed by atoms with E-state index in [4.69, 9.17) is 18.7 Å². The Morgan fingerprint density at radius 1 is 1.13 bits per heavy atom. The van der Waals surface area contributed by atoms with Gasteiger partial charge in [-0.15, -0.1) is 0 Å². The van der Waals surface area contributed by atoms with Crippen LogP contribution in [0.3, 0.4) is 0 Å². The van der Waals surface area contributed by atoms with E-state index in [1.54, 1.807) is 32.4 Å². The van der Waals surface area contributed by atoms with E-state index >= 15 is 0 Å². The zero-order chi connectivity index (χ0) is 21.5. The van der Waals surface area contributed by atoms with Crippen LogP contribution in [0.1, 0.15) is 24.8 Å². The average Bonchev–Trinajstić information content (AvgIpc) is 3.25.